The van der Waals surface area contributed by atoms with Gasteiger partial charge in [0, 0.05) is 44.3 Å². The molecule has 0 unspecified atom stereocenters. The molecule has 1 fully saturated rings. The van der Waals surface area contributed by atoms with E-state index in [2.05, 4.69) is 64.9 Å². The van der Waals surface area contributed by atoms with Crippen molar-refractivity contribution >= 4 is 11.6 Å². The predicted octanol–water partition coefficient (Wildman–Crippen LogP) is 3.58. The minimum absolute atomic E-state index is 0.146. The molecule has 2 N–H and O–H groups in total. The Bertz CT molecular complexity index is 694. The Balaban J connectivity index is 1.34. The van der Waals surface area contributed by atoms with E-state index < -0.39 is 0 Å². The van der Waals surface area contributed by atoms with E-state index in [-0.39, 0.29) is 5.91 Å². The first-order valence-corrected chi connectivity index (χ1v) is 9.56. The monoisotopic (exact) mass is 351 g/mol. The number of hydrogen-bond acceptors (Lipinski definition) is 3. The summed E-state index contributed by atoms with van der Waals surface area (Å²) < 4.78 is 0. The van der Waals surface area contributed by atoms with Crippen LogP contribution in [0.5, 0.6) is 0 Å². The number of carbonyl (C=O) groups is 1. The molecular formula is C22H29N3O. The number of hydrogen-bond donors (Lipinski definition) is 2. The molecule has 0 bridgehead atoms. The van der Waals surface area contributed by atoms with Gasteiger partial charge in [-0.3, -0.25) is 9.69 Å². The summed E-state index contributed by atoms with van der Waals surface area (Å²) in [5.74, 6) is 0.146. The number of para-hydroxylation sites is 1. The average Bonchev–Trinajstić information content (AvgIpc) is 2.66. The van der Waals surface area contributed by atoms with Crippen molar-refractivity contribution < 1.29 is 4.79 Å². The number of likely N-dealkylation sites (tertiary alicyclic amines) is 1. The van der Waals surface area contributed by atoms with Crippen LogP contribution in [0.15, 0.2) is 54.6 Å². The molecule has 4 nitrogen and oxygen atoms in total. The van der Waals surface area contributed by atoms with Crippen molar-refractivity contribution in [2.45, 2.75) is 38.8 Å². The van der Waals surface area contributed by atoms with Gasteiger partial charge < -0.3 is 10.6 Å². The molecule has 0 spiro atoms. The number of amides is 1. The third-order valence-corrected chi connectivity index (χ3v) is 5.01. The predicted molar refractivity (Wildman–Crippen MR) is 107 cm³/mol. The Morgan fingerprint density at radius 3 is 2.46 bits per heavy atom. The van der Waals surface area contributed by atoms with Gasteiger partial charge in [-0.05, 0) is 37.0 Å². The highest BCUT2D eigenvalue weighted by atomic mass is 16.1. The van der Waals surface area contributed by atoms with Gasteiger partial charge in [0.25, 0.3) is 0 Å². The Morgan fingerprint density at radius 2 is 1.73 bits per heavy atom. The molecule has 1 heterocycles. The average molecular weight is 351 g/mol. The number of carbonyl (C=O) groups excluding carboxylic acids is 1. The summed E-state index contributed by atoms with van der Waals surface area (Å²) in [6, 6.07) is 19.1. The van der Waals surface area contributed by atoms with Crippen LogP contribution in [-0.4, -0.2) is 36.5 Å². The lowest BCUT2D eigenvalue weighted by Crippen LogP contribution is -2.44. The van der Waals surface area contributed by atoms with Crippen LogP contribution in [0.4, 0.5) is 5.69 Å². The number of rotatable bonds is 7. The van der Waals surface area contributed by atoms with Gasteiger partial charge in [0.15, 0.2) is 0 Å². The van der Waals surface area contributed by atoms with E-state index in [9.17, 15) is 4.79 Å². The lowest BCUT2D eigenvalue weighted by Gasteiger charge is -2.32. The minimum Gasteiger partial charge on any atom is -0.384 e. The molecule has 0 aromatic heterocycles. The zero-order valence-corrected chi connectivity index (χ0v) is 15.6. The number of benzene rings is 2. The fourth-order valence-corrected chi connectivity index (χ4v) is 3.46. The van der Waals surface area contributed by atoms with Gasteiger partial charge in [-0.25, -0.2) is 0 Å². The summed E-state index contributed by atoms with van der Waals surface area (Å²) in [5, 5.41) is 6.54. The molecular weight excluding hydrogens is 322 g/mol. The van der Waals surface area contributed by atoms with E-state index in [1.807, 2.05) is 12.1 Å². The highest BCUT2D eigenvalue weighted by molar-refractivity contribution is 5.76. The van der Waals surface area contributed by atoms with E-state index in [1.54, 1.807) is 0 Å². The summed E-state index contributed by atoms with van der Waals surface area (Å²) in [6.45, 7) is 5.83. The summed E-state index contributed by atoms with van der Waals surface area (Å²) in [5.41, 5.74) is 3.67. The van der Waals surface area contributed by atoms with Crippen molar-refractivity contribution in [1.82, 2.24) is 10.2 Å². The molecule has 2 aromatic carbocycles. The van der Waals surface area contributed by atoms with Gasteiger partial charge in [0.2, 0.25) is 5.91 Å². The number of nitrogens with zero attached hydrogens (tertiary/aromatic N) is 1. The second kappa shape index (κ2) is 9.39. The first-order valence-electron chi connectivity index (χ1n) is 9.56. The zero-order chi connectivity index (χ0) is 18.2. The molecule has 2 aromatic rings. The second-order valence-corrected chi connectivity index (χ2v) is 7.10. The van der Waals surface area contributed by atoms with Crippen molar-refractivity contribution in [3.63, 3.8) is 0 Å². The van der Waals surface area contributed by atoms with Crippen molar-refractivity contribution in [3.8, 4) is 0 Å². The van der Waals surface area contributed by atoms with Gasteiger partial charge in [-0.2, -0.15) is 0 Å². The quantitative estimate of drug-likeness (QED) is 0.801. The fourth-order valence-electron chi connectivity index (χ4n) is 3.46. The highest BCUT2D eigenvalue weighted by Crippen LogP contribution is 2.15. The minimum atomic E-state index is 0.146. The Morgan fingerprint density at radius 1 is 1.04 bits per heavy atom. The second-order valence-electron chi connectivity index (χ2n) is 7.10. The normalized spacial score (nSPS) is 15.6. The van der Waals surface area contributed by atoms with E-state index >= 15 is 0 Å². The third kappa shape index (κ3) is 5.60. The van der Waals surface area contributed by atoms with Crippen molar-refractivity contribution in [2.75, 3.05) is 25.0 Å². The van der Waals surface area contributed by atoms with Crippen LogP contribution in [-0.2, 0) is 11.3 Å². The molecule has 138 valence electrons. The molecule has 0 aliphatic carbocycles. The van der Waals surface area contributed by atoms with Gasteiger partial charge >= 0.3 is 0 Å². The van der Waals surface area contributed by atoms with Crippen LogP contribution >= 0.6 is 0 Å². The number of aryl methyl sites for hydroxylation is 1. The van der Waals surface area contributed by atoms with Crippen LogP contribution in [0.1, 0.15) is 30.4 Å². The summed E-state index contributed by atoms with van der Waals surface area (Å²) in [6.07, 6.45) is 2.58. The van der Waals surface area contributed by atoms with Crippen LogP contribution in [0.3, 0.4) is 0 Å². The van der Waals surface area contributed by atoms with Gasteiger partial charge in [-0.15, -0.1) is 0 Å². The standard InChI is InChI=1S/C22H29N3O/c1-18-7-5-6-10-21(18)23-14-11-22(26)24-20-12-15-25(16-13-20)17-19-8-3-2-4-9-19/h2-10,20,23H,11-17H2,1H3,(H,24,26). The van der Waals surface area contributed by atoms with Crippen LogP contribution in [0, 0.1) is 6.92 Å². The molecule has 26 heavy (non-hydrogen) atoms. The molecule has 3 rings (SSSR count). The summed E-state index contributed by atoms with van der Waals surface area (Å²) >= 11 is 0. The van der Waals surface area contributed by atoms with Gasteiger partial charge in [-0.1, -0.05) is 48.5 Å². The van der Waals surface area contributed by atoms with E-state index in [0.29, 0.717) is 19.0 Å². The highest BCUT2D eigenvalue weighted by Gasteiger charge is 2.20. The fraction of sp³-hybridized carbons (Fsp3) is 0.409. The number of anilines is 1. The van der Waals surface area contributed by atoms with Crippen LogP contribution < -0.4 is 10.6 Å². The molecule has 1 aliphatic rings. The maximum Gasteiger partial charge on any atom is 0.221 e. The number of piperidine rings is 1. The lowest BCUT2D eigenvalue weighted by atomic mass is 10.0. The van der Waals surface area contributed by atoms with E-state index in [4.69, 9.17) is 0 Å². The van der Waals surface area contributed by atoms with Gasteiger partial charge in [0.1, 0.15) is 0 Å². The molecule has 0 saturated carbocycles. The largest absolute Gasteiger partial charge is 0.384 e. The first kappa shape index (κ1) is 18.5. The first-order chi connectivity index (χ1) is 12.7. The molecule has 1 amide bonds. The molecule has 0 atom stereocenters. The zero-order valence-electron chi connectivity index (χ0n) is 15.6. The molecule has 1 aliphatic heterocycles. The topological polar surface area (TPSA) is 44.4 Å². The van der Waals surface area contributed by atoms with Crippen molar-refractivity contribution in [1.29, 1.82) is 0 Å². The summed E-state index contributed by atoms with van der Waals surface area (Å²) in [7, 11) is 0. The van der Waals surface area contributed by atoms with E-state index in [0.717, 1.165) is 38.2 Å². The Labute approximate surface area is 156 Å². The van der Waals surface area contributed by atoms with E-state index in [1.165, 1.54) is 11.1 Å². The third-order valence-electron chi connectivity index (χ3n) is 5.01. The van der Waals surface area contributed by atoms with Crippen LogP contribution in [0.2, 0.25) is 0 Å². The molecule has 1 saturated heterocycles. The SMILES string of the molecule is Cc1ccccc1NCCC(=O)NC1CCN(Cc2ccccc2)CC1. The smallest absolute Gasteiger partial charge is 0.221 e. The van der Waals surface area contributed by atoms with Crippen molar-refractivity contribution in [2.24, 2.45) is 0 Å². The van der Waals surface area contributed by atoms with Crippen molar-refractivity contribution in [3.05, 3.63) is 65.7 Å². The maximum atomic E-state index is 12.2. The maximum absolute atomic E-state index is 12.2. The number of nitrogens with one attached hydrogen (secondary N) is 2. The van der Waals surface area contributed by atoms with Crippen LogP contribution in [0.25, 0.3) is 0 Å². The van der Waals surface area contributed by atoms with Gasteiger partial charge in [0.05, 0.1) is 0 Å². The summed E-state index contributed by atoms with van der Waals surface area (Å²) in [4.78, 5) is 14.7. The molecule has 0 radical (unpaired) electrons. The molecule has 4 heteroatoms. The lowest BCUT2D eigenvalue weighted by molar-refractivity contribution is -0.121. The Hall–Kier alpha value is -2.33. The Kier molecular flexibility index (Phi) is 6.67.